The Bertz CT molecular complexity index is 966. The van der Waals surface area contributed by atoms with E-state index in [-0.39, 0.29) is 5.91 Å². The van der Waals surface area contributed by atoms with Crippen LogP contribution in [-0.4, -0.2) is 33.7 Å². The van der Waals surface area contributed by atoms with Gasteiger partial charge in [0.15, 0.2) is 0 Å². The fourth-order valence-corrected chi connectivity index (χ4v) is 4.85. The summed E-state index contributed by atoms with van der Waals surface area (Å²) in [5, 5.41) is 5.48. The van der Waals surface area contributed by atoms with Gasteiger partial charge in [0.2, 0.25) is 5.91 Å². The fourth-order valence-electron chi connectivity index (χ4n) is 4.85. The van der Waals surface area contributed by atoms with Gasteiger partial charge in [-0.2, -0.15) is 5.10 Å². The van der Waals surface area contributed by atoms with Crippen LogP contribution in [0, 0.1) is 0 Å². The summed E-state index contributed by atoms with van der Waals surface area (Å²) in [6.45, 7) is 2.04. The predicted molar refractivity (Wildman–Crippen MR) is 102 cm³/mol. The van der Waals surface area contributed by atoms with Crippen molar-refractivity contribution in [3.8, 4) is 0 Å². The first-order valence-electron chi connectivity index (χ1n) is 9.52. The number of piperidine rings is 1. The normalized spacial score (nSPS) is 18.4. The van der Waals surface area contributed by atoms with Gasteiger partial charge in [-0.25, -0.2) is 0 Å². The van der Waals surface area contributed by atoms with Crippen LogP contribution in [0.5, 0.6) is 0 Å². The molecule has 3 aromatic rings. The first kappa shape index (κ1) is 15.6. The van der Waals surface area contributed by atoms with Crippen LogP contribution in [-0.2, 0) is 23.2 Å². The quantitative estimate of drug-likeness (QED) is 0.712. The fraction of sp³-hybridized carbons (Fsp3) is 0.364. The molecule has 1 aliphatic carbocycles. The molecule has 0 bridgehead atoms. The van der Waals surface area contributed by atoms with Gasteiger partial charge >= 0.3 is 0 Å². The van der Waals surface area contributed by atoms with Crippen molar-refractivity contribution in [3.05, 3.63) is 65.9 Å². The van der Waals surface area contributed by atoms with Crippen LogP contribution in [0.3, 0.4) is 0 Å². The smallest absolute Gasteiger partial charge is 0.244 e. The lowest BCUT2D eigenvalue weighted by atomic mass is 9.74. The molecular formula is C22H23N3O. The molecular weight excluding hydrogens is 322 g/mol. The molecule has 2 aliphatic rings. The SMILES string of the molecule is O=C(Cn1ncc2ccccc21)N1CCC2(CCc3ccccc32)CC1. The van der Waals surface area contributed by atoms with Crippen LogP contribution >= 0.6 is 0 Å². The van der Waals surface area contributed by atoms with E-state index in [4.69, 9.17) is 0 Å². The van der Waals surface area contributed by atoms with E-state index < -0.39 is 0 Å². The highest BCUT2D eigenvalue weighted by Crippen LogP contribution is 2.46. The van der Waals surface area contributed by atoms with Crippen LogP contribution in [0.25, 0.3) is 10.9 Å². The van der Waals surface area contributed by atoms with E-state index in [0.717, 1.165) is 36.8 Å². The third kappa shape index (κ3) is 2.44. The number of likely N-dealkylation sites (tertiary alicyclic amines) is 1. The number of carbonyl (C=O) groups excluding carboxylic acids is 1. The minimum atomic E-state index is 0.181. The van der Waals surface area contributed by atoms with Crippen molar-refractivity contribution in [2.24, 2.45) is 0 Å². The average Bonchev–Trinajstić information content (AvgIpc) is 3.25. The highest BCUT2D eigenvalue weighted by molar-refractivity contribution is 5.82. The molecule has 26 heavy (non-hydrogen) atoms. The van der Waals surface area contributed by atoms with Gasteiger partial charge in [0, 0.05) is 18.5 Å². The van der Waals surface area contributed by atoms with E-state index >= 15 is 0 Å². The van der Waals surface area contributed by atoms with Crippen LogP contribution in [0.4, 0.5) is 0 Å². The standard InChI is InChI=1S/C22H23N3O/c26-21(16-25-20-8-4-2-6-18(20)15-23-25)24-13-11-22(12-14-24)10-9-17-5-1-3-7-19(17)22/h1-8,15H,9-14,16H2. The summed E-state index contributed by atoms with van der Waals surface area (Å²) in [4.78, 5) is 14.9. The number of hydrogen-bond acceptors (Lipinski definition) is 2. The van der Waals surface area contributed by atoms with Crippen molar-refractivity contribution in [1.29, 1.82) is 0 Å². The maximum absolute atomic E-state index is 12.8. The molecule has 5 rings (SSSR count). The molecule has 2 aromatic carbocycles. The summed E-state index contributed by atoms with van der Waals surface area (Å²) >= 11 is 0. The Morgan fingerprint density at radius 2 is 1.77 bits per heavy atom. The minimum Gasteiger partial charge on any atom is -0.341 e. The monoisotopic (exact) mass is 345 g/mol. The maximum atomic E-state index is 12.8. The van der Waals surface area contributed by atoms with E-state index in [1.165, 1.54) is 24.0 Å². The second kappa shape index (κ2) is 5.97. The van der Waals surface area contributed by atoms with Crippen molar-refractivity contribution >= 4 is 16.8 Å². The highest BCUT2D eigenvalue weighted by atomic mass is 16.2. The van der Waals surface area contributed by atoms with E-state index in [1.54, 1.807) is 0 Å². The summed E-state index contributed by atoms with van der Waals surface area (Å²) in [5.41, 5.74) is 4.37. The molecule has 2 heterocycles. The van der Waals surface area contributed by atoms with Gasteiger partial charge in [-0.05, 0) is 48.3 Å². The van der Waals surface area contributed by atoms with Gasteiger partial charge < -0.3 is 4.90 Å². The molecule has 0 unspecified atom stereocenters. The Labute approximate surface area is 153 Å². The molecule has 0 N–H and O–H groups in total. The number of carbonyl (C=O) groups is 1. The molecule has 1 spiro atoms. The molecule has 132 valence electrons. The number of amides is 1. The Morgan fingerprint density at radius 1 is 1.00 bits per heavy atom. The Morgan fingerprint density at radius 3 is 2.65 bits per heavy atom. The van der Waals surface area contributed by atoms with Crippen LogP contribution < -0.4 is 0 Å². The number of fused-ring (bicyclic) bond motifs is 3. The first-order valence-corrected chi connectivity index (χ1v) is 9.52. The molecule has 4 nitrogen and oxygen atoms in total. The molecule has 1 aliphatic heterocycles. The summed E-state index contributed by atoms with van der Waals surface area (Å²) in [5.74, 6) is 0.181. The number of nitrogens with zero attached hydrogens (tertiary/aromatic N) is 3. The van der Waals surface area contributed by atoms with Crippen molar-refractivity contribution in [1.82, 2.24) is 14.7 Å². The summed E-state index contributed by atoms with van der Waals surface area (Å²) < 4.78 is 1.83. The predicted octanol–water partition coefficient (Wildman–Crippen LogP) is 3.54. The molecule has 1 amide bonds. The lowest BCUT2D eigenvalue weighted by molar-refractivity contribution is -0.133. The number of para-hydroxylation sites is 1. The zero-order chi connectivity index (χ0) is 17.6. The molecule has 0 saturated carbocycles. The zero-order valence-electron chi connectivity index (χ0n) is 14.9. The van der Waals surface area contributed by atoms with Crippen molar-refractivity contribution in [2.45, 2.75) is 37.6 Å². The maximum Gasteiger partial charge on any atom is 0.244 e. The second-order valence-electron chi connectivity index (χ2n) is 7.68. The van der Waals surface area contributed by atoms with E-state index in [0.29, 0.717) is 12.0 Å². The molecule has 0 radical (unpaired) electrons. The van der Waals surface area contributed by atoms with Gasteiger partial charge in [-0.1, -0.05) is 42.5 Å². The van der Waals surface area contributed by atoms with E-state index in [1.807, 2.05) is 40.0 Å². The van der Waals surface area contributed by atoms with Crippen LogP contribution in [0.15, 0.2) is 54.7 Å². The van der Waals surface area contributed by atoms with E-state index in [9.17, 15) is 4.79 Å². The second-order valence-corrected chi connectivity index (χ2v) is 7.68. The van der Waals surface area contributed by atoms with Gasteiger partial charge in [0.1, 0.15) is 6.54 Å². The molecule has 4 heteroatoms. The van der Waals surface area contributed by atoms with Crippen LogP contribution in [0.2, 0.25) is 0 Å². The average molecular weight is 345 g/mol. The first-order chi connectivity index (χ1) is 12.8. The van der Waals surface area contributed by atoms with Crippen molar-refractivity contribution in [3.63, 3.8) is 0 Å². The number of benzene rings is 2. The summed E-state index contributed by atoms with van der Waals surface area (Å²) in [6.07, 6.45) is 6.41. The summed E-state index contributed by atoms with van der Waals surface area (Å²) in [7, 11) is 0. The van der Waals surface area contributed by atoms with Crippen molar-refractivity contribution in [2.75, 3.05) is 13.1 Å². The van der Waals surface area contributed by atoms with E-state index in [2.05, 4.69) is 29.4 Å². The number of hydrogen-bond donors (Lipinski definition) is 0. The Hall–Kier alpha value is -2.62. The molecule has 1 saturated heterocycles. The van der Waals surface area contributed by atoms with Gasteiger partial charge in [0.05, 0.1) is 11.7 Å². The van der Waals surface area contributed by atoms with Crippen LogP contribution in [0.1, 0.15) is 30.4 Å². The Balaban J connectivity index is 1.29. The lowest BCUT2D eigenvalue weighted by Gasteiger charge is -2.40. The number of aryl methyl sites for hydroxylation is 1. The van der Waals surface area contributed by atoms with Gasteiger partial charge in [0.25, 0.3) is 0 Å². The zero-order valence-corrected chi connectivity index (χ0v) is 14.9. The highest BCUT2D eigenvalue weighted by Gasteiger charge is 2.41. The minimum absolute atomic E-state index is 0.181. The van der Waals surface area contributed by atoms with Gasteiger partial charge in [-0.3, -0.25) is 9.48 Å². The molecule has 1 aromatic heterocycles. The topological polar surface area (TPSA) is 38.1 Å². The third-order valence-corrected chi connectivity index (χ3v) is 6.37. The Kier molecular flexibility index (Phi) is 3.59. The number of aromatic nitrogens is 2. The van der Waals surface area contributed by atoms with Gasteiger partial charge in [-0.15, -0.1) is 0 Å². The lowest BCUT2D eigenvalue weighted by Crippen LogP contribution is -2.45. The molecule has 0 atom stereocenters. The third-order valence-electron chi connectivity index (χ3n) is 6.37. The van der Waals surface area contributed by atoms with Crippen molar-refractivity contribution < 1.29 is 4.79 Å². The largest absolute Gasteiger partial charge is 0.341 e. The number of rotatable bonds is 2. The summed E-state index contributed by atoms with van der Waals surface area (Å²) in [6, 6.07) is 16.9. The molecule has 1 fully saturated rings.